The number of para-hydroxylation sites is 2. The van der Waals surface area contributed by atoms with Gasteiger partial charge >= 0.3 is 0 Å². The van der Waals surface area contributed by atoms with Gasteiger partial charge in [0.1, 0.15) is 11.6 Å². The van der Waals surface area contributed by atoms with Crippen LogP contribution in [0.4, 0.5) is 0 Å². The summed E-state index contributed by atoms with van der Waals surface area (Å²) in [6, 6.07) is 19.4. The molecule has 25 heavy (non-hydrogen) atoms. The molecule has 0 spiro atoms. The second kappa shape index (κ2) is 6.28. The number of methoxy groups -OCH3 is 1. The largest absolute Gasteiger partial charge is 0.497 e. The molecule has 0 radical (unpaired) electrons. The molecule has 2 heterocycles. The molecule has 0 fully saturated rings. The SMILES string of the molecule is COc1ccc(Cn2c(-c3ccc[nH]c3=O)nc3ccccc32)cc1. The monoisotopic (exact) mass is 331 g/mol. The number of ether oxygens (including phenoxy) is 1. The quantitative estimate of drug-likeness (QED) is 0.623. The molecular weight excluding hydrogens is 314 g/mol. The maximum absolute atomic E-state index is 12.3. The minimum Gasteiger partial charge on any atom is -0.497 e. The van der Waals surface area contributed by atoms with E-state index in [4.69, 9.17) is 9.72 Å². The van der Waals surface area contributed by atoms with Crippen LogP contribution in [0.25, 0.3) is 22.4 Å². The fourth-order valence-electron chi connectivity index (χ4n) is 2.95. The molecule has 124 valence electrons. The van der Waals surface area contributed by atoms with Gasteiger partial charge in [-0.25, -0.2) is 4.98 Å². The van der Waals surface area contributed by atoms with Gasteiger partial charge in [-0.15, -0.1) is 0 Å². The van der Waals surface area contributed by atoms with Gasteiger partial charge in [-0.2, -0.15) is 0 Å². The van der Waals surface area contributed by atoms with Crippen molar-refractivity contribution in [3.8, 4) is 17.1 Å². The molecule has 5 nitrogen and oxygen atoms in total. The van der Waals surface area contributed by atoms with Gasteiger partial charge < -0.3 is 14.3 Å². The number of pyridine rings is 1. The van der Waals surface area contributed by atoms with Crippen molar-refractivity contribution >= 4 is 11.0 Å². The summed E-state index contributed by atoms with van der Waals surface area (Å²) in [4.78, 5) is 19.7. The second-order valence-electron chi connectivity index (χ2n) is 5.77. The lowest BCUT2D eigenvalue weighted by atomic mass is 10.2. The Labute approximate surface area is 144 Å². The highest BCUT2D eigenvalue weighted by Crippen LogP contribution is 2.24. The molecule has 0 atom stereocenters. The average molecular weight is 331 g/mol. The molecule has 4 aromatic rings. The average Bonchev–Trinajstić information content (AvgIpc) is 3.01. The molecular formula is C20H17N3O2. The molecule has 0 aliphatic rings. The number of aromatic amines is 1. The maximum Gasteiger partial charge on any atom is 0.258 e. The molecule has 2 aromatic heterocycles. The summed E-state index contributed by atoms with van der Waals surface area (Å²) in [5, 5.41) is 0. The van der Waals surface area contributed by atoms with Crippen molar-refractivity contribution in [2.24, 2.45) is 0 Å². The van der Waals surface area contributed by atoms with E-state index in [1.165, 1.54) is 0 Å². The fraction of sp³-hybridized carbons (Fsp3) is 0.100. The first-order valence-electron chi connectivity index (χ1n) is 8.02. The van der Waals surface area contributed by atoms with E-state index in [1.807, 2.05) is 54.6 Å². The van der Waals surface area contributed by atoms with Crippen LogP contribution in [0.3, 0.4) is 0 Å². The number of nitrogens with zero attached hydrogens (tertiary/aromatic N) is 2. The summed E-state index contributed by atoms with van der Waals surface area (Å²) in [6.07, 6.45) is 1.63. The number of rotatable bonds is 4. The zero-order valence-electron chi connectivity index (χ0n) is 13.8. The molecule has 0 bridgehead atoms. The minimum absolute atomic E-state index is 0.145. The van der Waals surface area contributed by atoms with Crippen molar-refractivity contribution < 1.29 is 4.74 Å². The van der Waals surface area contributed by atoms with E-state index >= 15 is 0 Å². The Morgan fingerprint density at radius 1 is 1.04 bits per heavy atom. The van der Waals surface area contributed by atoms with Crippen molar-refractivity contribution in [2.45, 2.75) is 6.54 Å². The van der Waals surface area contributed by atoms with Crippen LogP contribution in [0.5, 0.6) is 5.75 Å². The van der Waals surface area contributed by atoms with Crippen LogP contribution in [0, 0.1) is 0 Å². The maximum atomic E-state index is 12.3. The summed E-state index contributed by atoms with van der Waals surface area (Å²) in [5.74, 6) is 1.48. The zero-order valence-corrected chi connectivity index (χ0v) is 13.8. The molecule has 4 rings (SSSR count). The first kappa shape index (κ1) is 15.2. The lowest BCUT2D eigenvalue weighted by molar-refractivity contribution is 0.414. The predicted molar refractivity (Wildman–Crippen MR) is 97.9 cm³/mol. The van der Waals surface area contributed by atoms with Gasteiger partial charge in [-0.1, -0.05) is 24.3 Å². The standard InChI is InChI=1S/C20H17N3O2/c1-25-15-10-8-14(9-11-15)13-23-18-7-3-2-6-17(18)22-19(23)16-5-4-12-21-20(16)24/h2-12H,13H2,1H3,(H,21,24). The molecule has 1 N–H and O–H groups in total. The smallest absolute Gasteiger partial charge is 0.258 e. The Morgan fingerprint density at radius 3 is 2.60 bits per heavy atom. The van der Waals surface area contributed by atoms with Crippen molar-refractivity contribution in [3.05, 3.63) is 82.8 Å². The number of nitrogens with one attached hydrogen (secondary N) is 1. The normalized spacial score (nSPS) is 10.9. The summed E-state index contributed by atoms with van der Waals surface area (Å²) >= 11 is 0. The Hall–Kier alpha value is -3.34. The van der Waals surface area contributed by atoms with Crippen LogP contribution >= 0.6 is 0 Å². The third-order valence-electron chi connectivity index (χ3n) is 4.21. The predicted octanol–water partition coefficient (Wildman–Crippen LogP) is 3.45. The van der Waals surface area contributed by atoms with Gasteiger partial charge in [0.05, 0.1) is 23.7 Å². The van der Waals surface area contributed by atoms with E-state index in [9.17, 15) is 4.79 Å². The van der Waals surface area contributed by atoms with Crippen LogP contribution in [0.2, 0.25) is 0 Å². The summed E-state index contributed by atoms with van der Waals surface area (Å²) in [6.45, 7) is 0.619. The van der Waals surface area contributed by atoms with E-state index in [1.54, 1.807) is 19.4 Å². The Bertz CT molecular complexity index is 1080. The Kier molecular flexibility index (Phi) is 3.82. The number of H-pyrrole nitrogens is 1. The first-order chi connectivity index (χ1) is 12.3. The number of hydrogen-bond donors (Lipinski definition) is 1. The number of fused-ring (bicyclic) bond motifs is 1. The molecule has 0 saturated carbocycles. The molecule has 0 aliphatic heterocycles. The molecule has 0 unspecified atom stereocenters. The third-order valence-corrected chi connectivity index (χ3v) is 4.21. The number of aromatic nitrogens is 3. The molecule has 2 aromatic carbocycles. The van der Waals surface area contributed by atoms with E-state index in [0.717, 1.165) is 22.3 Å². The fourth-order valence-corrected chi connectivity index (χ4v) is 2.95. The lowest BCUT2D eigenvalue weighted by Crippen LogP contribution is -2.11. The topological polar surface area (TPSA) is 59.9 Å². The zero-order chi connectivity index (χ0) is 17.2. The minimum atomic E-state index is -0.145. The van der Waals surface area contributed by atoms with Crippen LogP contribution < -0.4 is 10.3 Å². The van der Waals surface area contributed by atoms with Crippen molar-refractivity contribution in [1.29, 1.82) is 0 Å². The highest BCUT2D eigenvalue weighted by Gasteiger charge is 2.15. The van der Waals surface area contributed by atoms with Crippen LogP contribution in [0.1, 0.15) is 5.56 Å². The van der Waals surface area contributed by atoms with Crippen LogP contribution in [0.15, 0.2) is 71.7 Å². The number of benzene rings is 2. The molecule has 0 saturated heterocycles. The van der Waals surface area contributed by atoms with E-state index in [0.29, 0.717) is 17.9 Å². The van der Waals surface area contributed by atoms with Crippen molar-refractivity contribution in [1.82, 2.24) is 14.5 Å². The van der Waals surface area contributed by atoms with Crippen LogP contribution in [-0.4, -0.2) is 21.6 Å². The summed E-state index contributed by atoms with van der Waals surface area (Å²) in [7, 11) is 1.65. The van der Waals surface area contributed by atoms with Gasteiger partial charge in [-0.3, -0.25) is 4.79 Å². The second-order valence-corrected chi connectivity index (χ2v) is 5.77. The molecule has 0 aliphatic carbocycles. The van der Waals surface area contributed by atoms with Crippen molar-refractivity contribution in [3.63, 3.8) is 0 Å². The van der Waals surface area contributed by atoms with Gasteiger partial charge in [0.15, 0.2) is 0 Å². The number of hydrogen-bond acceptors (Lipinski definition) is 3. The van der Waals surface area contributed by atoms with Crippen molar-refractivity contribution in [2.75, 3.05) is 7.11 Å². The van der Waals surface area contributed by atoms with Gasteiger partial charge in [0, 0.05) is 12.7 Å². The van der Waals surface area contributed by atoms with E-state index < -0.39 is 0 Å². The molecule has 0 amide bonds. The highest BCUT2D eigenvalue weighted by molar-refractivity contribution is 5.80. The first-order valence-corrected chi connectivity index (χ1v) is 8.02. The van der Waals surface area contributed by atoms with Crippen LogP contribution in [-0.2, 0) is 6.54 Å². The van der Waals surface area contributed by atoms with E-state index in [-0.39, 0.29) is 5.56 Å². The Morgan fingerprint density at radius 2 is 1.84 bits per heavy atom. The van der Waals surface area contributed by atoms with Gasteiger partial charge in [-0.05, 0) is 42.0 Å². The van der Waals surface area contributed by atoms with Gasteiger partial charge in [0.2, 0.25) is 0 Å². The highest BCUT2D eigenvalue weighted by atomic mass is 16.5. The molecule has 5 heteroatoms. The Balaban J connectivity index is 1.87. The third kappa shape index (κ3) is 2.80. The van der Waals surface area contributed by atoms with E-state index in [2.05, 4.69) is 9.55 Å². The lowest BCUT2D eigenvalue weighted by Gasteiger charge is -2.10. The van der Waals surface area contributed by atoms with Gasteiger partial charge in [0.25, 0.3) is 5.56 Å². The number of imidazole rings is 1. The summed E-state index contributed by atoms with van der Waals surface area (Å²) in [5.41, 5.74) is 3.39. The summed E-state index contributed by atoms with van der Waals surface area (Å²) < 4.78 is 7.29.